The summed E-state index contributed by atoms with van der Waals surface area (Å²) >= 11 is 0. The third kappa shape index (κ3) is 13.2. The van der Waals surface area contributed by atoms with Crippen LogP contribution in [0.1, 0.15) is 44.2 Å². The van der Waals surface area contributed by atoms with E-state index in [9.17, 15) is 33.9 Å². The number of primary amides is 2. The lowest BCUT2D eigenvalue weighted by Crippen LogP contribution is -2.57. The van der Waals surface area contributed by atoms with Gasteiger partial charge in [-0.1, -0.05) is 0 Å². The highest BCUT2D eigenvalue weighted by Gasteiger charge is 2.31. The summed E-state index contributed by atoms with van der Waals surface area (Å²) in [5, 5.41) is 16.8. The van der Waals surface area contributed by atoms with Crippen molar-refractivity contribution in [3.63, 3.8) is 0 Å². The molecule has 1 aromatic rings. The van der Waals surface area contributed by atoms with Crippen LogP contribution in [0.4, 0.5) is 0 Å². The van der Waals surface area contributed by atoms with E-state index < -0.39 is 59.7 Å². The molecule has 5 amide bonds. The summed E-state index contributed by atoms with van der Waals surface area (Å²) in [6, 6.07) is -5.16. The van der Waals surface area contributed by atoms with E-state index in [2.05, 4.69) is 30.9 Å². The van der Waals surface area contributed by atoms with E-state index in [1.54, 1.807) is 0 Å². The van der Waals surface area contributed by atoms with Crippen molar-refractivity contribution in [2.45, 2.75) is 69.1 Å². The molecule has 4 unspecified atom stereocenters. The van der Waals surface area contributed by atoms with Gasteiger partial charge in [-0.3, -0.25) is 29.0 Å². The Labute approximate surface area is 229 Å². The molecule has 0 aliphatic rings. The molecule has 0 saturated heterocycles. The van der Waals surface area contributed by atoms with Crippen LogP contribution < -0.4 is 44.6 Å². The number of carbonyl (C=O) groups is 6. The monoisotopic (exact) mass is 567 g/mol. The first-order valence-electron chi connectivity index (χ1n) is 12.3. The van der Waals surface area contributed by atoms with Gasteiger partial charge in [0.25, 0.3) is 0 Å². The van der Waals surface area contributed by atoms with Crippen molar-refractivity contribution < 1.29 is 33.9 Å². The number of aliphatic imine (C=N–C) groups is 1. The van der Waals surface area contributed by atoms with Gasteiger partial charge >= 0.3 is 5.97 Å². The molecule has 0 saturated carbocycles. The predicted molar refractivity (Wildman–Crippen MR) is 140 cm³/mol. The van der Waals surface area contributed by atoms with Gasteiger partial charge < -0.3 is 54.7 Å². The SMILES string of the molecule is NC(=O)CCC(N)C(=O)NC(CCC(N)=O)C(=O)NC(Cc1cnc[nH]1)C(=O)NC(CCCN=C(N)N)C(=O)O. The van der Waals surface area contributed by atoms with E-state index in [4.69, 9.17) is 28.7 Å². The number of carboxylic acids is 1. The Morgan fingerprint density at radius 3 is 1.98 bits per heavy atom. The molecule has 1 aromatic heterocycles. The van der Waals surface area contributed by atoms with E-state index in [1.807, 2.05) is 0 Å². The summed E-state index contributed by atoms with van der Waals surface area (Å²) < 4.78 is 0. The molecule has 0 radical (unpaired) electrons. The van der Waals surface area contributed by atoms with Crippen molar-refractivity contribution in [1.82, 2.24) is 25.9 Å². The minimum absolute atomic E-state index is 0.0109. The second kappa shape index (κ2) is 17.0. The molecule has 0 aliphatic carbocycles. The average molecular weight is 568 g/mol. The van der Waals surface area contributed by atoms with Gasteiger partial charge in [-0.15, -0.1) is 0 Å². The van der Waals surface area contributed by atoms with Gasteiger partial charge in [0, 0.05) is 37.7 Å². The van der Waals surface area contributed by atoms with Crippen LogP contribution in [0.15, 0.2) is 17.5 Å². The Kier molecular flexibility index (Phi) is 14.1. The van der Waals surface area contributed by atoms with Crippen molar-refractivity contribution in [3.05, 3.63) is 18.2 Å². The molecule has 0 bridgehead atoms. The number of H-pyrrole nitrogens is 1. The highest BCUT2D eigenvalue weighted by atomic mass is 16.4. The second-order valence-electron chi connectivity index (χ2n) is 8.87. The van der Waals surface area contributed by atoms with E-state index >= 15 is 0 Å². The molecule has 18 heteroatoms. The number of nitrogens with zero attached hydrogens (tertiary/aromatic N) is 2. The number of imidazole rings is 1. The third-order valence-electron chi connectivity index (χ3n) is 5.52. The number of carboxylic acid groups (broad SMARTS) is 1. The van der Waals surface area contributed by atoms with Crippen molar-refractivity contribution in [2.24, 2.45) is 33.7 Å². The number of guanidine groups is 1. The Morgan fingerprint density at radius 2 is 1.43 bits per heavy atom. The first-order chi connectivity index (χ1) is 18.8. The van der Waals surface area contributed by atoms with Gasteiger partial charge in [0.2, 0.25) is 29.5 Å². The number of hydrogen-bond acceptors (Lipinski definition) is 9. The normalized spacial score (nSPS) is 13.6. The third-order valence-corrected chi connectivity index (χ3v) is 5.52. The Balaban J connectivity index is 3.05. The van der Waals surface area contributed by atoms with Crippen molar-refractivity contribution in [3.8, 4) is 0 Å². The number of carbonyl (C=O) groups excluding carboxylic acids is 5. The summed E-state index contributed by atoms with van der Waals surface area (Å²) in [5.41, 5.74) is 27.0. The highest BCUT2D eigenvalue weighted by molar-refractivity contribution is 5.94. The largest absolute Gasteiger partial charge is 0.480 e. The number of nitrogens with two attached hydrogens (primary N) is 5. The molecule has 4 atom stereocenters. The predicted octanol–water partition coefficient (Wildman–Crippen LogP) is -4.60. The van der Waals surface area contributed by atoms with Gasteiger partial charge in [0.1, 0.15) is 18.1 Å². The Morgan fingerprint density at radius 1 is 0.850 bits per heavy atom. The average Bonchev–Trinajstić information content (AvgIpc) is 3.38. The molecule has 18 nitrogen and oxygen atoms in total. The molecule has 0 fully saturated rings. The van der Waals surface area contributed by atoms with Gasteiger partial charge in [0.15, 0.2) is 5.96 Å². The minimum atomic E-state index is -1.34. The van der Waals surface area contributed by atoms with Gasteiger partial charge in [-0.25, -0.2) is 9.78 Å². The molecular weight excluding hydrogens is 530 g/mol. The highest BCUT2D eigenvalue weighted by Crippen LogP contribution is 2.06. The van der Waals surface area contributed by atoms with Gasteiger partial charge in [-0.05, 0) is 25.7 Å². The molecule has 40 heavy (non-hydrogen) atoms. The zero-order chi connectivity index (χ0) is 30.2. The summed E-state index contributed by atoms with van der Waals surface area (Å²) in [6.07, 6.45) is 2.09. The maximum Gasteiger partial charge on any atom is 0.326 e. The van der Waals surface area contributed by atoms with Crippen LogP contribution in [0.5, 0.6) is 0 Å². The van der Waals surface area contributed by atoms with Crippen LogP contribution >= 0.6 is 0 Å². The first-order valence-corrected chi connectivity index (χ1v) is 12.3. The summed E-state index contributed by atoms with van der Waals surface area (Å²) in [5.74, 6) is -5.40. The van der Waals surface area contributed by atoms with E-state index in [0.717, 1.165) is 0 Å². The molecule has 0 spiro atoms. The van der Waals surface area contributed by atoms with Crippen LogP contribution in [0, 0.1) is 0 Å². The molecule has 1 heterocycles. The van der Waals surface area contributed by atoms with E-state index in [0.29, 0.717) is 5.69 Å². The first kappa shape index (κ1) is 33.3. The Hall–Kier alpha value is -4.74. The minimum Gasteiger partial charge on any atom is -0.480 e. The van der Waals surface area contributed by atoms with Crippen LogP contribution in [0.2, 0.25) is 0 Å². The van der Waals surface area contributed by atoms with Crippen molar-refractivity contribution >= 4 is 41.5 Å². The van der Waals surface area contributed by atoms with Crippen molar-refractivity contribution in [1.29, 1.82) is 0 Å². The number of rotatable bonds is 19. The molecule has 1 rings (SSSR count). The molecule has 0 aromatic carbocycles. The van der Waals surface area contributed by atoms with Gasteiger partial charge in [-0.2, -0.15) is 0 Å². The fourth-order valence-electron chi connectivity index (χ4n) is 3.39. The summed E-state index contributed by atoms with van der Waals surface area (Å²) in [6.45, 7) is 0.138. The fraction of sp³-hybridized carbons (Fsp3) is 0.545. The lowest BCUT2D eigenvalue weighted by Gasteiger charge is -2.25. The number of nitrogens with one attached hydrogen (secondary N) is 4. The van der Waals surface area contributed by atoms with Crippen molar-refractivity contribution in [2.75, 3.05) is 6.54 Å². The number of aromatic amines is 1. The second-order valence-corrected chi connectivity index (χ2v) is 8.87. The maximum absolute atomic E-state index is 13.2. The molecule has 222 valence electrons. The summed E-state index contributed by atoms with van der Waals surface area (Å²) in [4.78, 5) is 83.3. The smallest absolute Gasteiger partial charge is 0.326 e. The number of amides is 5. The number of aliphatic carboxylic acids is 1. The lowest BCUT2D eigenvalue weighted by molar-refractivity contribution is -0.142. The quantitative estimate of drug-likeness (QED) is 0.0430. The van der Waals surface area contributed by atoms with E-state index in [-0.39, 0.29) is 57.5 Å². The fourth-order valence-corrected chi connectivity index (χ4v) is 3.39. The summed E-state index contributed by atoms with van der Waals surface area (Å²) in [7, 11) is 0. The number of aromatic nitrogens is 2. The zero-order valence-corrected chi connectivity index (χ0v) is 21.8. The number of hydrogen-bond donors (Lipinski definition) is 10. The van der Waals surface area contributed by atoms with Crippen LogP contribution in [-0.2, 0) is 35.2 Å². The standard InChI is InChI=1S/C22H37N11O7/c23-12(3-5-16(24)34)18(36)31-13(4-6-17(25)35)19(37)33-15(8-11-9-28-10-30-11)20(38)32-14(21(39)40)2-1-7-29-22(26)27/h9-10,12-15H,1-8,23H2,(H2,24,34)(H2,25,35)(H,28,30)(H,31,36)(H,32,38)(H,33,37)(H,39,40)(H4,26,27,29). The molecular formula is C22H37N11O7. The zero-order valence-electron chi connectivity index (χ0n) is 21.8. The van der Waals surface area contributed by atoms with Crippen LogP contribution in [-0.4, -0.2) is 87.3 Å². The molecule has 0 aliphatic heterocycles. The maximum atomic E-state index is 13.2. The molecule has 15 N–H and O–H groups in total. The Bertz CT molecular complexity index is 1060. The van der Waals surface area contributed by atoms with E-state index in [1.165, 1.54) is 12.5 Å². The topological polar surface area (TPSA) is 330 Å². The van der Waals surface area contributed by atoms with Gasteiger partial charge in [0.05, 0.1) is 12.4 Å². The van der Waals surface area contributed by atoms with Crippen LogP contribution in [0.3, 0.4) is 0 Å². The van der Waals surface area contributed by atoms with Crippen LogP contribution in [0.25, 0.3) is 0 Å². The lowest BCUT2D eigenvalue weighted by atomic mass is 10.1.